The van der Waals surface area contributed by atoms with Crippen LogP contribution in [0.2, 0.25) is 0 Å². The van der Waals surface area contributed by atoms with Gasteiger partial charge in [0.2, 0.25) is 5.91 Å². The third-order valence-corrected chi connectivity index (χ3v) is 16.9. The third-order valence-electron chi connectivity index (χ3n) is 16.9. The van der Waals surface area contributed by atoms with Crippen molar-refractivity contribution in [2.75, 3.05) is 6.54 Å². The van der Waals surface area contributed by atoms with Crippen molar-refractivity contribution in [2.24, 2.45) is 50.9 Å². The van der Waals surface area contributed by atoms with E-state index in [1.807, 2.05) is 24.3 Å². The lowest BCUT2D eigenvalue weighted by Crippen LogP contribution is -2.85. The molecule has 2 aromatic rings. The molecule has 3 unspecified atom stereocenters. The molecule has 276 valence electrons. The van der Waals surface area contributed by atoms with Crippen molar-refractivity contribution in [1.82, 2.24) is 15.1 Å². The Morgan fingerprint density at radius 1 is 1.00 bits per heavy atom. The second-order valence-electron chi connectivity index (χ2n) is 19.3. The number of nitrogens with zero attached hydrogens (tertiary/aromatic N) is 3. The molecule has 0 saturated heterocycles. The molecule has 0 aliphatic heterocycles. The van der Waals surface area contributed by atoms with E-state index in [2.05, 4.69) is 83.7 Å². The molecule has 51 heavy (non-hydrogen) atoms. The third kappa shape index (κ3) is 4.94. The number of nitriles is 1. The van der Waals surface area contributed by atoms with E-state index < -0.39 is 16.5 Å². The van der Waals surface area contributed by atoms with Gasteiger partial charge in [-0.25, -0.2) is 4.68 Å². The smallest absolute Gasteiger partial charge is 0.220 e. The van der Waals surface area contributed by atoms with Gasteiger partial charge in [0.05, 0.1) is 29.2 Å². The Morgan fingerprint density at radius 3 is 2.37 bits per heavy atom. The molecule has 5 N–H and O–H groups in total. The maximum atomic E-state index is 12.5. The van der Waals surface area contributed by atoms with Crippen molar-refractivity contribution in [3.63, 3.8) is 0 Å². The Bertz CT molecular complexity index is 1760. The van der Waals surface area contributed by atoms with E-state index in [9.17, 15) is 10.1 Å². The molecule has 5 aliphatic carbocycles. The molecular formula is C44H64N6O. The van der Waals surface area contributed by atoms with Crippen molar-refractivity contribution >= 4 is 5.91 Å². The molecule has 7 heteroatoms. The molecule has 3 saturated carbocycles. The van der Waals surface area contributed by atoms with Crippen molar-refractivity contribution in [3.05, 3.63) is 58.9 Å². The maximum absolute atomic E-state index is 12.5. The highest BCUT2D eigenvalue weighted by molar-refractivity contribution is 5.75. The lowest BCUT2D eigenvalue weighted by atomic mass is 9.30. The summed E-state index contributed by atoms with van der Waals surface area (Å²) in [5, 5.41) is 17.5. The summed E-state index contributed by atoms with van der Waals surface area (Å²) in [5.74, 6) is 1.98. The summed E-state index contributed by atoms with van der Waals surface area (Å²) in [4.78, 5) is 12.5. The maximum Gasteiger partial charge on any atom is 0.220 e. The Hall–Kier alpha value is -2.95. The number of nitrogens with one attached hydrogen (secondary N) is 1. The number of carbonyl (C=O) groups excluding carboxylic acids is 1. The first kappa shape index (κ1) is 36.4. The van der Waals surface area contributed by atoms with Gasteiger partial charge in [-0.15, -0.1) is 0 Å². The number of fused-ring (bicyclic) bond motifs is 6. The zero-order valence-electron chi connectivity index (χ0n) is 32.8. The van der Waals surface area contributed by atoms with Crippen molar-refractivity contribution in [3.8, 4) is 11.8 Å². The number of carbonyl (C=O) groups is 1. The van der Waals surface area contributed by atoms with Crippen LogP contribution in [0.4, 0.5) is 0 Å². The molecule has 1 heterocycles. The van der Waals surface area contributed by atoms with Crippen LogP contribution in [-0.4, -0.2) is 33.3 Å². The molecule has 0 radical (unpaired) electrons. The Kier molecular flexibility index (Phi) is 8.59. The summed E-state index contributed by atoms with van der Waals surface area (Å²) in [6.45, 7) is 20.5. The largest absolute Gasteiger partial charge is 0.356 e. The summed E-state index contributed by atoms with van der Waals surface area (Å²) < 4.78 is 2.07. The summed E-state index contributed by atoms with van der Waals surface area (Å²) in [6, 6.07) is 9.95. The molecule has 1 aromatic heterocycles. The van der Waals surface area contributed by atoms with Crippen LogP contribution in [0.25, 0.3) is 5.69 Å². The SMILES string of the molecule is C[C@H](CCCC(=O)NCC1CC1)[C@H](C)C1(C)CCC[C@]2(C)C1=CC[C@]1(N)C3(C)Cc4cnn(-c5ccc(C#N)cc5)c4C(C)(C)[C@]3(N)CCC12C. The van der Waals surface area contributed by atoms with Crippen LogP contribution in [0.3, 0.4) is 0 Å². The van der Waals surface area contributed by atoms with Gasteiger partial charge >= 0.3 is 0 Å². The second-order valence-corrected chi connectivity index (χ2v) is 19.3. The van der Waals surface area contributed by atoms with Gasteiger partial charge in [-0.2, -0.15) is 10.4 Å². The van der Waals surface area contributed by atoms with Crippen LogP contribution >= 0.6 is 0 Å². The summed E-state index contributed by atoms with van der Waals surface area (Å²) in [6.07, 6.45) is 17.0. The lowest BCUT2D eigenvalue weighted by Gasteiger charge is -2.77. The van der Waals surface area contributed by atoms with Crippen LogP contribution in [0.15, 0.2) is 42.1 Å². The predicted molar refractivity (Wildman–Crippen MR) is 205 cm³/mol. The van der Waals surface area contributed by atoms with E-state index in [1.165, 1.54) is 36.9 Å². The highest BCUT2D eigenvalue weighted by Crippen LogP contribution is 2.75. The molecule has 0 bridgehead atoms. The zero-order valence-corrected chi connectivity index (χ0v) is 32.8. The molecule has 1 aromatic carbocycles. The monoisotopic (exact) mass is 693 g/mol. The topological polar surface area (TPSA) is 123 Å². The van der Waals surface area contributed by atoms with Crippen molar-refractivity contribution in [1.29, 1.82) is 5.26 Å². The van der Waals surface area contributed by atoms with Gasteiger partial charge in [-0.1, -0.05) is 73.5 Å². The molecule has 8 atom stereocenters. The van der Waals surface area contributed by atoms with E-state index in [1.54, 1.807) is 5.57 Å². The van der Waals surface area contributed by atoms with Gasteiger partial charge in [0, 0.05) is 34.9 Å². The van der Waals surface area contributed by atoms with Crippen LogP contribution in [0.5, 0.6) is 0 Å². The average molecular weight is 693 g/mol. The van der Waals surface area contributed by atoms with Crippen LogP contribution < -0.4 is 16.8 Å². The fraction of sp³-hybridized carbons (Fsp3) is 0.705. The first-order valence-corrected chi connectivity index (χ1v) is 20.1. The number of allylic oxidation sites excluding steroid dienone is 1. The molecular weight excluding hydrogens is 629 g/mol. The fourth-order valence-electron chi connectivity index (χ4n) is 12.7. The molecule has 7 nitrogen and oxygen atoms in total. The number of hydrogen-bond donors (Lipinski definition) is 3. The number of amides is 1. The van der Waals surface area contributed by atoms with Gasteiger partial charge in [-0.3, -0.25) is 4.79 Å². The van der Waals surface area contributed by atoms with Gasteiger partial charge in [0.15, 0.2) is 0 Å². The van der Waals surface area contributed by atoms with E-state index in [4.69, 9.17) is 16.6 Å². The quantitative estimate of drug-likeness (QED) is 0.228. The first-order valence-electron chi connectivity index (χ1n) is 20.1. The molecule has 7 rings (SSSR count). The number of aromatic nitrogens is 2. The van der Waals surface area contributed by atoms with Gasteiger partial charge in [0.1, 0.15) is 0 Å². The lowest BCUT2D eigenvalue weighted by molar-refractivity contribution is -0.180. The molecule has 3 fully saturated rings. The average Bonchev–Trinajstić information content (AvgIpc) is 3.83. The number of rotatable bonds is 9. The summed E-state index contributed by atoms with van der Waals surface area (Å²) >= 11 is 0. The number of benzene rings is 1. The minimum absolute atomic E-state index is 0.0366. The Morgan fingerprint density at radius 2 is 1.71 bits per heavy atom. The van der Waals surface area contributed by atoms with E-state index in [0.29, 0.717) is 23.8 Å². The predicted octanol–water partition coefficient (Wildman–Crippen LogP) is 8.27. The van der Waals surface area contributed by atoms with Crippen molar-refractivity contribution < 1.29 is 4.79 Å². The standard InChI is InChI=1S/C44H64N6O/c1-29(11-9-12-36(51)48-27-32-13-14-32)30(2)39(5)20-10-21-40(6)35(39)19-22-44(47)41(40,7)23-24-43(46)38(3,4)37-33(25-42(43,44)8)28-49-50(37)34-17-15-31(26-45)16-18-34/h15-19,28-30,32H,9-14,20-25,27,46-47H2,1-8H3,(H,48,51)/t29-,30+,39?,40-,41?,42?,43-,44-/m1/s1. The highest BCUT2D eigenvalue weighted by Gasteiger charge is 2.76. The van der Waals surface area contributed by atoms with E-state index in [0.717, 1.165) is 63.1 Å². The summed E-state index contributed by atoms with van der Waals surface area (Å²) in [5.41, 5.74) is 19.8. The number of nitrogens with two attached hydrogens (primary N) is 2. The fourth-order valence-corrected chi connectivity index (χ4v) is 12.7. The van der Waals surface area contributed by atoms with Gasteiger partial charge in [0.25, 0.3) is 0 Å². The molecule has 5 aliphatic rings. The van der Waals surface area contributed by atoms with Gasteiger partial charge in [-0.05, 0) is 128 Å². The first-order chi connectivity index (χ1) is 23.9. The number of hydrogen-bond acceptors (Lipinski definition) is 5. The summed E-state index contributed by atoms with van der Waals surface area (Å²) in [7, 11) is 0. The second kappa shape index (κ2) is 12.0. The minimum Gasteiger partial charge on any atom is -0.356 e. The molecule has 0 spiro atoms. The van der Waals surface area contributed by atoms with Crippen LogP contribution in [-0.2, 0) is 16.6 Å². The highest BCUT2D eigenvalue weighted by atomic mass is 16.1. The van der Waals surface area contributed by atoms with Crippen LogP contribution in [0, 0.1) is 50.7 Å². The minimum atomic E-state index is -0.557. The van der Waals surface area contributed by atoms with Crippen LogP contribution in [0.1, 0.15) is 143 Å². The van der Waals surface area contributed by atoms with Crippen molar-refractivity contribution in [2.45, 2.75) is 149 Å². The normalized spacial score (nSPS) is 37.8. The van der Waals surface area contributed by atoms with Gasteiger partial charge < -0.3 is 16.8 Å². The van der Waals surface area contributed by atoms with E-state index >= 15 is 0 Å². The Labute approximate surface area is 307 Å². The molecule has 1 amide bonds. The van der Waals surface area contributed by atoms with E-state index in [-0.39, 0.29) is 27.6 Å². The Balaban J connectivity index is 1.20. The zero-order chi connectivity index (χ0) is 36.8.